The van der Waals surface area contributed by atoms with Crippen LogP contribution in [0.3, 0.4) is 0 Å². The summed E-state index contributed by atoms with van der Waals surface area (Å²) in [6.07, 6.45) is 9.16. The van der Waals surface area contributed by atoms with Crippen LogP contribution in [-0.4, -0.2) is 50.2 Å². The van der Waals surface area contributed by atoms with Crippen molar-refractivity contribution < 1.29 is 18.0 Å². The lowest BCUT2D eigenvalue weighted by Crippen LogP contribution is -2.51. The van der Waals surface area contributed by atoms with Gasteiger partial charge >= 0.3 is 0 Å². The van der Waals surface area contributed by atoms with Gasteiger partial charge in [0, 0.05) is 31.2 Å². The molecule has 2 unspecified atom stereocenters. The van der Waals surface area contributed by atoms with Gasteiger partial charge in [0.2, 0.25) is 15.9 Å². The first-order chi connectivity index (χ1) is 15.3. The van der Waals surface area contributed by atoms with Gasteiger partial charge in [-0.1, -0.05) is 45.6 Å². The average molecular weight is 462 g/mol. The van der Waals surface area contributed by atoms with Crippen molar-refractivity contribution in [2.24, 2.45) is 11.8 Å². The summed E-state index contributed by atoms with van der Waals surface area (Å²) in [4.78, 5) is 24.2. The molecule has 0 bridgehead atoms. The smallest absolute Gasteiger partial charge is 0.251 e. The molecule has 0 spiro atoms. The topological polar surface area (TPSA) is 95.6 Å². The molecule has 1 saturated carbocycles. The predicted octanol–water partition coefficient (Wildman–Crippen LogP) is 3.09. The number of piperidine rings is 1. The molecule has 8 heteroatoms. The zero-order valence-electron chi connectivity index (χ0n) is 18.9. The van der Waals surface area contributed by atoms with Crippen molar-refractivity contribution in [3.63, 3.8) is 0 Å². The zero-order valence-corrected chi connectivity index (χ0v) is 19.7. The Bertz CT molecular complexity index is 908. The van der Waals surface area contributed by atoms with Gasteiger partial charge < -0.3 is 10.6 Å². The van der Waals surface area contributed by atoms with E-state index in [2.05, 4.69) is 17.2 Å². The number of hydrogen-bond donors (Lipinski definition) is 2. The lowest BCUT2D eigenvalue weighted by atomic mass is 9.87. The first-order valence-corrected chi connectivity index (χ1v) is 13.1. The summed E-state index contributed by atoms with van der Waals surface area (Å²) in [6, 6.07) is 6.07. The van der Waals surface area contributed by atoms with Crippen LogP contribution in [0.1, 0.15) is 62.2 Å². The second kappa shape index (κ2) is 11.1. The summed E-state index contributed by atoms with van der Waals surface area (Å²) in [7, 11) is -3.66. The number of benzene rings is 1. The molecule has 7 nitrogen and oxygen atoms in total. The predicted molar refractivity (Wildman–Crippen MR) is 125 cm³/mol. The molecule has 1 aromatic rings. The highest BCUT2D eigenvalue weighted by Gasteiger charge is 2.34. The number of amides is 2. The van der Waals surface area contributed by atoms with Gasteiger partial charge in [0.1, 0.15) is 0 Å². The third-order valence-corrected chi connectivity index (χ3v) is 8.58. The lowest BCUT2D eigenvalue weighted by molar-refractivity contribution is -0.117. The monoisotopic (exact) mass is 461 g/mol. The summed E-state index contributed by atoms with van der Waals surface area (Å²) in [5.41, 5.74) is 0.465. The minimum Gasteiger partial charge on any atom is -0.352 e. The molecule has 1 aliphatic heterocycles. The van der Waals surface area contributed by atoms with Crippen molar-refractivity contribution in [3.8, 4) is 0 Å². The van der Waals surface area contributed by atoms with E-state index >= 15 is 0 Å². The fourth-order valence-corrected chi connectivity index (χ4v) is 6.23. The van der Waals surface area contributed by atoms with Gasteiger partial charge in [-0.3, -0.25) is 9.59 Å². The van der Waals surface area contributed by atoms with Gasteiger partial charge in [-0.05, 0) is 55.0 Å². The highest BCUT2D eigenvalue weighted by atomic mass is 32.2. The normalized spacial score (nSPS) is 22.8. The number of carbonyl (C=O) groups excluding carboxylic acids is 2. The Kier molecular flexibility index (Phi) is 8.48. The molecule has 32 heavy (non-hydrogen) atoms. The first-order valence-electron chi connectivity index (χ1n) is 11.6. The molecule has 176 valence electrons. The molecular formula is C24H35N3O4S. The third kappa shape index (κ3) is 6.19. The van der Waals surface area contributed by atoms with Crippen molar-refractivity contribution >= 4 is 21.8 Å². The van der Waals surface area contributed by atoms with Crippen LogP contribution in [0.15, 0.2) is 41.8 Å². The number of hydrogen-bond acceptors (Lipinski definition) is 4. The molecule has 2 fully saturated rings. The SMILES string of the molecule is C=CC(=O)NC1CCN(S(=O)(=O)c2ccc(C(=O)NCCC3CCCCC3)cc2)CC1C. The molecule has 0 radical (unpaired) electrons. The Morgan fingerprint density at radius 1 is 1.12 bits per heavy atom. The maximum Gasteiger partial charge on any atom is 0.251 e. The number of nitrogens with zero attached hydrogens (tertiary/aromatic N) is 1. The Labute approximate surface area is 191 Å². The van der Waals surface area contributed by atoms with Gasteiger partial charge in [-0.15, -0.1) is 0 Å². The molecule has 1 saturated heterocycles. The van der Waals surface area contributed by atoms with Crippen LogP contribution in [0.5, 0.6) is 0 Å². The first kappa shape index (κ1) is 24.5. The van der Waals surface area contributed by atoms with Gasteiger partial charge in [0.15, 0.2) is 0 Å². The molecule has 1 aliphatic carbocycles. The Morgan fingerprint density at radius 2 is 1.81 bits per heavy atom. The molecule has 2 atom stereocenters. The summed E-state index contributed by atoms with van der Waals surface area (Å²) in [6.45, 7) is 6.69. The standard InChI is InChI=1S/C24H35N3O4S/c1-3-23(28)26-22-14-16-27(17-18(22)2)32(30,31)21-11-9-20(10-12-21)24(29)25-15-13-19-7-5-4-6-8-19/h3,9-12,18-19,22H,1,4-8,13-17H2,2H3,(H,25,29)(H,26,28). The largest absolute Gasteiger partial charge is 0.352 e. The molecule has 0 aromatic heterocycles. The van der Waals surface area contributed by atoms with Crippen molar-refractivity contribution in [2.45, 2.75) is 62.8 Å². The van der Waals surface area contributed by atoms with Gasteiger partial charge in [0.25, 0.3) is 5.91 Å². The maximum atomic E-state index is 13.1. The average Bonchev–Trinajstić information content (AvgIpc) is 2.81. The van der Waals surface area contributed by atoms with E-state index in [-0.39, 0.29) is 28.7 Å². The molecule has 1 aromatic carbocycles. The van der Waals surface area contributed by atoms with Gasteiger partial charge in [0.05, 0.1) is 4.90 Å². The second-order valence-electron chi connectivity index (χ2n) is 9.02. The number of carbonyl (C=O) groups is 2. The minimum absolute atomic E-state index is 0.0170. The summed E-state index contributed by atoms with van der Waals surface area (Å²) in [5, 5.41) is 5.82. The van der Waals surface area contributed by atoms with Crippen LogP contribution in [0.25, 0.3) is 0 Å². The van der Waals surface area contributed by atoms with E-state index < -0.39 is 10.0 Å². The molecular weight excluding hydrogens is 426 g/mol. The van der Waals surface area contributed by atoms with Crippen LogP contribution in [0.2, 0.25) is 0 Å². The van der Waals surface area contributed by atoms with Crippen molar-refractivity contribution in [3.05, 3.63) is 42.5 Å². The summed E-state index contributed by atoms with van der Waals surface area (Å²) < 4.78 is 27.6. The fourth-order valence-electron chi connectivity index (χ4n) is 4.68. The Hall–Kier alpha value is -2.19. The fraction of sp³-hybridized carbons (Fsp3) is 0.583. The molecule has 2 amide bonds. The van der Waals surface area contributed by atoms with Gasteiger partial charge in [-0.2, -0.15) is 4.31 Å². The third-order valence-electron chi connectivity index (χ3n) is 6.70. The number of rotatable bonds is 8. The Morgan fingerprint density at radius 3 is 2.44 bits per heavy atom. The lowest BCUT2D eigenvalue weighted by Gasteiger charge is -2.36. The van der Waals surface area contributed by atoms with E-state index in [1.807, 2.05) is 6.92 Å². The molecule has 1 heterocycles. The minimum atomic E-state index is -3.66. The van der Waals surface area contributed by atoms with Crippen LogP contribution in [0, 0.1) is 11.8 Å². The second-order valence-corrected chi connectivity index (χ2v) is 11.0. The number of nitrogens with one attached hydrogen (secondary N) is 2. The van der Waals surface area contributed by atoms with Crippen molar-refractivity contribution in [1.82, 2.24) is 14.9 Å². The van der Waals surface area contributed by atoms with Crippen LogP contribution >= 0.6 is 0 Å². The molecule has 2 aliphatic rings. The van der Waals surface area contributed by atoms with E-state index in [1.165, 1.54) is 54.6 Å². The van der Waals surface area contributed by atoms with Crippen LogP contribution < -0.4 is 10.6 Å². The Balaban J connectivity index is 1.54. The highest BCUT2D eigenvalue weighted by Crippen LogP contribution is 2.26. The van der Waals surface area contributed by atoms with Gasteiger partial charge in [-0.25, -0.2) is 8.42 Å². The van der Waals surface area contributed by atoms with E-state index in [4.69, 9.17) is 0 Å². The molecule has 2 N–H and O–H groups in total. The van der Waals surface area contributed by atoms with E-state index in [1.54, 1.807) is 12.1 Å². The van der Waals surface area contributed by atoms with Crippen LogP contribution in [0.4, 0.5) is 0 Å². The van der Waals surface area contributed by atoms with E-state index in [0.29, 0.717) is 37.5 Å². The maximum absolute atomic E-state index is 13.1. The summed E-state index contributed by atoms with van der Waals surface area (Å²) in [5.74, 6) is 0.271. The quantitative estimate of drug-likeness (QED) is 0.582. The zero-order chi connectivity index (χ0) is 23.1. The summed E-state index contributed by atoms with van der Waals surface area (Å²) >= 11 is 0. The van der Waals surface area contributed by atoms with Crippen LogP contribution in [-0.2, 0) is 14.8 Å². The molecule has 3 rings (SSSR count). The van der Waals surface area contributed by atoms with Crippen molar-refractivity contribution in [1.29, 1.82) is 0 Å². The van der Waals surface area contributed by atoms with E-state index in [0.717, 1.165) is 6.42 Å². The highest BCUT2D eigenvalue weighted by molar-refractivity contribution is 7.89. The van der Waals surface area contributed by atoms with E-state index in [9.17, 15) is 18.0 Å². The number of sulfonamides is 1. The van der Waals surface area contributed by atoms with Crippen molar-refractivity contribution in [2.75, 3.05) is 19.6 Å².